The fourth-order valence-corrected chi connectivity index (χ4v) is 3.49. The summed E-state index contributed by atoms with van der Waals surface area (Å²) in [7, 11) is 0. The van der Waals surface area contributed by atoms with E-state index in [1.165, 1.54) is 37.0 Å². The van der Waals surface area contributed by atoms with Gasteiger partial charge in [-0.3, -0.25) is 0 Å². The summed E-state index contributed by atoms with van der Waals surface area (Å²) in [5, 5.41) is 14.4. The molecule has 1 N–H and O–H groups in total. The van der Waals surface area contributed by atoms with E-state index in [1.807, 2.05) is 11.4 Å². The zero-order valence-corrected chi connectivity index (χ0v) is 11.2. The van der Waals surface area contributed by atoms with E-state index in [-0.39, 0.29) is 0 Å². The summed E-state index contributed by atoms with van der Waals surface area (Å²) in [6.07, 6.45) is 6.74. The lowest BCUT2D eigenvalue weighted by atomic mass is 9.83. The molecule has 0 bridgehead atoms. The van der Waals surface area contributed by atoms with Crippen LogP contribution in [0.1, 0.15) is 49.5 Å². The van der Waals surface area contributed by atoms with Gasteiger partial charge in [0.05, 0.1) is 5.56 Å². The molecule has 1 saturated carbocycles. The van der Waals surface area contributed by atoms with Gasteiger partial charge in [0.1, 0.15) is 6.07 Å². The Hall–Kier alpha value is -0.850. The third kappa shape index (κ3) is 3.31. The summed E-state index contributed by atoms with van der Waals surface area (Å²) < 4.78 is 0. The summed E-state index contributed by atoms with van der Waals surface area (Å²) in [5.41, 5.74) is 0.794. The average molecular weight is 248 g/mol. The zero-order valence-electron chi connectivity index (χ0n) is 10.4. The van der Waals surface area contributed by atoms with Gasteiger partial charge in [-0.2, -0.15) is 5.26 Å². The van der Waals surface area contributed by atoms with Crippen LogP contribution >= 0.6 is 11.3 Å². The van der Waals surface area contributed by atoms with Crippen LogP contribution in [0.5, 0.6) is 0 Å². The van der Waals surface area contributed by atoms with Gasteiger partial charge in [-0.05, 0) is 24.8 Å². The second-order valence-corrected chi connectivity index (χ2v) is 5.85. The number of nitrogens with one attached hydrogen (secondary N) is 1. The summed E-state index contributed by atoms with van der Waals surface area (Å²) in [4.78, 5) is 1.28. The van der Waals surface area contributed by atoms with Crippen molar-refractivity contribution < 1.29 is 0 Å². The Morgan fingerprint density at radius 1 is 1.47 bits per heavy atom. The van der Waals surface area contributed by atoms with E-state index in [1.54, 1.807) is 11.3 Å². The van der Waals surface area contributed by atoms with Crippen molar-refractivity contribution in [3.05, 3.63) is 21.9 Å². The van der Waals surface area contributed by atoms with E-state index in [2.05, 4.69) is 18.3 Å². The molecule has 1 aromatic rings. The Bertz CT molecular complexity index is 391. The Morgan fingerprint density at radius 2 is 2.29 bits per heavy atom. The second kappa shape index (κ2) is 6.18. The topological polar surface area (TPSA) is 35.8 Å². The molecule has 0 aliphatic heterocycles. The lowest BCUT2D eigenvalue weighted by molar-refractivity contribution is 0.255. The maximum Gasteiger partial charge on any atom is 0.100 e. The number of rotatable bonds is 4. The van der Waals surface area contributed by atoms with Crippen molar-refractivity contribution in [3.8, 4) is 6.07 Å². The highest BCUT2D eigenvalue weighted by Crippen LogP contribution is 2.27. The van der Waals surface area contributed by atoms with Crippen molar-refractivity contribution in [2.45, 2.75) is 51.6 Å². The Balaban J connectivity index is 1.86. The van der Waals surface area contributed by atoms with Gasteiger partial charge in [0, 0.05) is 22.8 Å². The first kappa shape index (κ1) is 12.6. The molecule has 0 radical (unpaired) electrons. The summed E-state index contributed by atoms with van der Waals surface area (Å²) in [6, 6.07) is 4.87. The van der Waals surface area contributed by atoms with Crippen LogP contribution in [0.25, 0.3) is 0 Å². The van der Waals surface area contributed by atoms with E-state index in [9.17, 15) is 0 Å². The molecule has 0 amide bonds. The standard InChI is InChI=1S/C14H20N2S/c1-2-12-5-3-4-6-14(12)16-9-13-7-11(8-15)10-17-13/h7,10,12,14,16H,2-6,9H2,1H3. The minimum Gasteiger partial charge on any atom is -0.309 e. The molecule has 3 heteroatoms. The van der Waals surface area contributed by atoms with Crippen LogP contribution < -0.4 is 5.32 Å². The van der Waals surface area contributed by atoms with Gasteiger partial charge in [-0.1, -0.05) is 26.2 Å². The Morgan fingerprint density at radius 3 is 3.00 bits per heavy atom. The predicted octanol–water partition coefficient (Wildman–Crippen LogP) is 3.68. The molecule has 1 fully saturated rings. The van der Waals surface area contributed by atoms with Gasteiger partial charge in [0.15, 0.2) is 0 Å². The SMILES string of the molecule is CCC1CCCCC1NCc1cc(C#N)cs1. The second-order valence-electron chi connectivity index (χ2n) is 4.85. The third-order valence-electron chi connectivity index (χ3n) is 3.75. The fraction of sp³-hybridized carbons (Fsp3) is 0.643. The van der Waals surface area contributed by atoms with Gasteiger partial charge >= 0.3 is 0 Å². The average Bonchev–Trinajstić information content (AvgIpc) is 2.84. The van der Waals surface area contributed by atoms with Gasteiger partial charge in [-0.15, -0.1) is 11.3 Å². The highest BCUT2D eigenvalue weighted by atomic mass is 32.1. The van der Waals surface area contributed by atoms with Crippen LogP contribution in [0.3, 0.4) is 0 Å². The highest BCUT2D eigenvalue weighted by molar-refractivity contribution is 7.10. The van der Waals surface area contributed by atoms with Crippen LogP contribution in [0, 0.1) is 17.2 Å². The van der Waals surface area contributed by atoms with E-state index in [0.29, 0.717) is 6.04 Å². The summed E-state index contributed by atoms with van der Waals surface area (Å²) in [5.74, 6) is 0.846. The highest BCUT2D eigenvalue weighted by Gasteiger charge is 2.22. The third-order valence-corrected chi connectivity index (χ3v) is 4.69. The molecule has 17 heavy (non-hydrogen) atoms. The lowest BCUT2D eigenvalue weighted by Gasteiger charge is -2.31. The van der Waals surface area contributed by atoms with E-state index >= 15 is 0 Å². The molecule has 1 aromatic heterocycles. The van der Waals surface area contributed by atoms with Crippen molar-refractivity contribution in [1.82, 2.24) is 5.32 Å². The van der Waals surface area contributed by atoms with Gasteiger partial charge < -0.3 is 5.32 Å². The molecule has 2 unspecified atom stereocenters. The van der Waals surface area contributed by atoms with E-state index in [0.717, 1.165) is 18.0 Å². The summed E-state index contributed by atoms with van der Waals surface area (Å²) >= 11 is 1.69. The van der Waals surface area contributed by atoms with Crippen molar-refractivity contribution in [1.29, 1.82) is 5.26 Å². The number of thiophene rings is 1. The molecule has 2 nitrogen and oxygen atoms in total. The van der Waals surface area contributed by atoms with Crippen molar-refractivity contribution >= 4 is 11.3 Å². The zero-order chi connectivity index (χ0) is 12.1. The molecule has 0 saturated heterocycles. The molecule has 1 heterocycles. The Kier molecular flexibility index (Phi) is 4.58. The number of hydrogen-bond acceptors (Lipinski definition) is 3. The molecular formula is C14H20N2S. The van der Waals surface area contributed by atoms with E-state index < -0.39 is 0 Å². The first-order valence-electron chi connectivity index (χ1n) is 6.54. The largest absolute Gasteiger partial charge is 0.309 e. The first-order valence-corrected chi connectivity index (χ1v) is 7.42. The maximum absolute atomic E-state index is 8.78. The predicted molar refractivity (Wildman–Crippen MR) is 71.9 cm³/mol. The van der Waals surface area contributed by atoms with Crippen LogP contribution in [0.2, 0.25) is 0 Å². The molecule has 2 rings (SSSR count). The van der Waals surface area contributed by atoms with Gasteiger partial charge in [0.25, 0.3) is 0 Å². The minimum atomic E-state index is 0.682. The molecule has 1 aliphatic carbocycles. The quantitative estimate of drug-likeness (QED) is 0.882. The molecular weight excluding hydrogens is 228 g/mol. The van der Waals surface area contributed by atoms with Crippen LogP contribution in [-0.2, 0) is 6.54 Å². The van der Waals surface area contributed by atoms with Crippen molar-refractivity contribution in [2.75, 3.05) is 0 Å². The summed E-state index contributed by atoms with van der Waals surface area (Å²) in [6.45, 7) is 3.22. The van der Waals surface area contributed by atoms with E-state index in [4.69, 9.17) is 5.26 Å². The Labute approximate surface area is 108 Å². The van der Waals surface area contributed by atoms with Gasteiger partial charge in [0.2, 0.25) is 0 Å². The van der Waals surface area contributed by atoms with Crippen molar-refractivity contribution in [2.24, 2.45) is 5.92 Å². The first-order chi connectivity index (χ1) is 8.33. The molecule has 0 spiro atoms. The number of nitriles is 1. The lowest BCUT2D eigenvalue weighted by Crippen LogP contribution is -2.37. The normalized spacial score (nSPS) is 24.5. The molecule has 0 aromatic carbocycles. The number of hydrogen-bond donors (Lipinski definition) is 1. The van der Waals surface area contributed by atoms with Gasteiger partial charge in [-0.25, -0.2) is 0 Å². The molecule has 2 atom stereocenters. The monoisotopic (exact) mass is 248 g/mol. The van der Waals surface area contributed by atoms with Crippen molar-refractivity contribution in [3.63, 3.8) is 0 Å². The number of nitrogens with zero attached hydrogens (tertiary/aromatic N) is 1. The van der Waals surface area contributed by atoms with Crippen LogP contribution in [-0.4, -0.2) is 6.04 Å². The molecule has 1 aliphatic rings. The molecule has 92 valence electrons. The smallest absolute Gasteiger partial charge is 0.100 e. The minimum absolute atomic E-state index is 0.682. The van der Waals surface area contributed by atoms with Crippen LogP contribution in [0.4, 0.5) is 0 Å². The fourth-order valence-electron chi connectivity index (χ4n) is 2.73. The maximum atomic E-state index is 8.78. The van der Waals surface area contributed by atoms with Crippen LogP contribution in [0.15, 0.2) is 11.4 Å².